The predicted octanol–water partition coefficient (Wildman–Crippen LogP) is 5.35. The number of halogens is 1. The van der Waals surface area contributed by atoms with Crippen LogP contribution in [0.2, 0.25) is 5.02 Å². The molecule has 0 aliphatic rings. The fourth-order valence-electron chi connectivity index (χ4n) is 3.81. The van der Waals surface area contributed by atoms with Crippen LogP contribution in [0.5, 0.6) is 11.5 Å². The molecule has 0 saturated carbocycles. The molecule has 9 nitrogen and oxygen atoms in total. The van der Waals surface area contributed by atoms with Crippen LogP contribution in [0.3, 0.4) is 0 Å². The number of ether oxygens (including phenoxy) is 2. The van der Waals surface area contributed by atoms with E-state index in [-0.39, 0.29) is 16.5 Å². The smallest absolute Gasteiger partial charge is 0.243 e. The summed E-state index contributed by atoms with van der Waals surface area (Å²) in [5, 5.41) is 8.61. The van der Waals surface area contributed by atoms with E-state index in [1.807, 2.05) is 17.5 Å². The topological polar surface area (TPSA) is 110 Å². The van der Waals surface area contributed by atoms with Gasteiger partial charge < -0.3 is 20.1 Å². The highest BCUT2D eigenvalue weighted by Crippen LogP contribution is 2.33. The summed E-state index contributed by atoms with van der Waals surface area (Å²) in [4.78, 5) is 17.7. The Kier molecular flexibility index (Phi) is 9.08. The number of nitrogens with one attached hydrogen (secondary N) is 2. The number of benzene rings is 3. The highest BCUT2D eigenvalue weighted by Gasteiger charge is 2.28. The summed E-state index contributed by atoms with van der Waals surface area (Å²) < 4.78 is 39.0. The van der Waals surface area contributed by atoms with Gasteiger partial charge in [-0.2, -0.15) is 4.31 Å². The summed E-state index contributed by atoms with van der Waals surface area (Å²) in [5.41, 5.74) is 2.61. The van der Waals surface area contributed by atoms with Crippen LogP contribution in [0.25, 0.3) is 11.3 Å². The Morgan fingerprint density at radius 2 is 1.74 bits per heavy atom. The van der Waals surface area contributed by atoms with E-state index in [4.69, 9.17) is 21.1 Å². The number of hydrogen-bond donors (Lipinski definition) is 2. The molecule has 0 atom stereocenters. The molecule has 0 aliphatic heterocycles. The van der Waals surface area contributed by atoms with Crippen LogP contribution in [0, 0.1) is 0 Å². The SMILES string of the molecule is CNc1nc(-c2ccc(OC)c(NC(=O)CN(Cc3ccccc3)S(=O)(=O)c3ccc(OC)c(Cl)c3)c2)cs1. The maximum absolute atomic E-state index is 13.7. The van der Waals surface area contributed by atoms with Crippen LogP contribution < -0.4 is 20.1 Å². The van der Waals surface area contributed by atoms with Crippen molar-refractivity contribution in [3.05, 3.63) is 82.7 Å². The van der Waals surface area contributed by atoms with E-state index in [9.17, 15) is 13.2 Å². The second-order valence-electron chi connectivity index (χ2n) is 8.31. The molecule has 0 unspecified atom stereocenters. The van der Waals surface area contributed by atoms with Crippen LogP contribution in [0.15, 0.2) is 77.0 Å². The normalized spacial score (nSPS) is 11.3. The molecule has 1 heterocycles. The Labute approximate surface area is 236 Å². The van der Waals surface area contributed by atoms with Crippen molar-refractivity contribution in [3.8, 4) is 22.8 Å². The lowest BCUT2D eigenvalue weighted by Gasteiger charge is -2.23. The van der Waals surface area contributed by atoms with Crippen molar-refractivity contribution in [3.63, 3.8) is 0 Å². The minimum atomic E-state index is -4.12. The Bertz CT molecular complexity index is 1560. The average Bonchev–Trinajstić information content (AvgIpc) is 3.42. The van der Waals surface area contributed by atoms with E-state index >= 15 is 0 Å². The minimum absolute atomic E-state index is 0.0248. The molecule has 1 aromatic heterocycles. The minimum Gasteiger partial charge on any atom is -0.495 e. The highest BCUT2D eigenvalue weighted by atomic mass is 35.5. The molecule has 4 aromatic rings. The van der Waals surface area contributed by atoms with Crippen LogP contribution in [0.1, 0.15) is 5.56 Å². The molecule has 4 rings (SSSR count). The second-order valence-corrected chi connectivity index (χ2v) is 11.5. The highest BCUT2D eigenvalue weighted by molar-refractivity contribution is 7.89. The molecule has 0 bridgehead atoms. The Morgan fingerprint density at radius 1 is 1.03 bits per heavy atom. The van der Waals surface area contributed by atoms with Gasteiger partial charge in [0, 0.05) is 24.5 Å². The molecule has 0 saturated heterocycles. The lowest BCUT2D eigenvalue weighted by atomic mass is 10.1. The van der Waals surface area contributed by atoms with Gasteiger partial charge >= 0.3 is 0 Å². The summed E-state index contributed by atoms with van der Waals surface area (Å²) in [6.45, 7) is -0.474. The number of carbonyl (C=O) groups is 1. The number of carbonyl (C=O) groups excluding carboxylic acids is 1. The van der Waals surface area contributed by atoms with Gasteiger partial charge in [-0.3, -0.25) is 4.79 Å². The summed E-state index contributed by atoms with van der Waals surface area (Å²) in [6.07, 6.45) is 0. The third-order valence-electron chi connectivity index (χ3n) is 5.77. The van der Waals surface area contributed by atoms with Gasteiger partial charge in [0.25, 0.3) is 0 Å². The third-order valence-corrected chi connectivity index (χ3v) is 8.71. The van der Waals surface area contributed by atoms with Crippen molar-refractivity contribution in [2.24, 2.45) is 0 Å². The van der Waals surface area contributed by atoms with Crippen molar-refractivity contribution in [2.45, 2.75) is 11.4 Å². The van der Waals surface area contributed by atoms with Crippen LogP contribution in [-0.2, 0) is 21.4 Å². The lowest BCUT2D eigenvalue weighted by Crippen LogP contribution is -2.37. The van der Waals surface area contributed by atoms with Crippen molar-refractivity contribution < 1.29 is 22.7 Å². The van der Waals surface area contributed by atoms with Crippen molar-refractivity contribution in [1.82, 2.24) is 9.29 Å². The van der Waals surface area contributed by atoms with Crippen LogP contribution >= 0.6 is 22.9 Å². The number of rotatable bonds is 11. The number of anilines is 2. The fraction of sp³-hybridized carbons (Fsp3) is 0.185. The third kappa shape index (κ3) is 6.69. The number of aromatic nitrogens is 1. The van der Waals surface area contributed by atoms with Gasteiger partial charge in [0.1, 0.15) is 11.5 Å². The monoisotopic (exact) mass is 586 g/mol. The molecular formula is C27H27ClN4O5S2. The molecular weight excluding hydrogens is 560 g/mol. The summed E-state index contributed by atoms with van der Waals surface area (Å²) >= 11 is 7.67. The van der Waals surface area contributed by atoms with E-state index in [0.717, 1.165) is 26.3 Å². The number of sulfonamides is 1. The van der Waals surface area contributed by atoms with E-state index in [0.29, 0.717) is 17.2 Å². The number of amides is 1. The zero-order chi connectivity index (χ0) is 28.0. The number of thiazole rings is 1. The number of methoxy groups -OCH3 is 2. The predicted molar refractivity (Wildman–Crippen MR) is 154 cm³/mol. The first-order valence-corrected chi connectivity index (χ1v) is 14.4. The molecule has 12 heteroatoms. The van der Waals surface area contributed by atoms with Gasteiger partial charge in [0.2, 0.25) is 15.9 Å². The van der Waals surface area contributed by atoms with Crippen LogP contribution in [0.4, 0.5) is 10.8 Å². The molecule has 3 aromatic carbocycles. The van der Waals surface area contributed by atoms with E-state index in [1.54, 1.807) is 43.4 Å². The molecule has 0 spiro atoms. The van der Waals surface area contributed by atoms with Gasteiger partial charge in [0.15, 0.2) is 5.13 Å². The summed E-state index contributed by atoms with van der Waals surface area (Å²) in [7, 11) is 0.609. The molecule has 0 fully saturated rings. The lowest BCUT2D eigenvalue weighted by molar-refractivity contribution is -0.116. The first kappa shape index (κ1) is 28.4. The maximum atomic E-state index is 13.7. The summed E-state index contributed by atoms with van der Waals surface area (Å²) in [5.74, 6) is 0.228. The van der Waals surface area contributed by atoms with Gasteiger partial charge in [-0.1, -0.05) is 41.9 Å². The molecule has 0 aliphatic carbocycles. The van der Waals surface area contributed by atoms with Gasteiger partial charge in [-0.05, 0) is 42.0 Å². The molecule has 39 heavy (non-hydrogen) atoms. The van der Waals surface area contributed by atoms with E-state index in [2.05, 4.69) is 15.6 Å². The second kappa shape index (κ2) is 12.5. The maximum Gasteiger partial charge on any atom is 0.243 e. The van der Waals surface area contributed by atoms with Gasteiger partial charge in [0.05, 0.1) is 42.1 Å². The largest absolute Gasteiger partial charge is 0.495 e. The Hall–Kier alpha value is -3.64. The number of hydrogen-bond acceptors (Lipinski definition) is 8. The Morgan fingerprint density at radius 3 is 2.38 bits per heavy atom. The van der Waals surface area contributed by atoms with Gasteiger partial charge in [-0.25, -0.2) is 13.4 Å². The zero-order valence-corrected chi connectivity index (χ0v) is 23.9. The summed E-state index contributed by atoms with van der Waals surface area (Å²) in [6, 6.07) is 18.5. The molecule has 204 valence electrons. The molecule has 1 amide bonds. The van der Waals surface area contributed by atoms with Crippen LogP contribution in [-0.4, -0.2) is 51.4 Å². The molecule has 2 N–H and O–H groups in total. The Balaban J connectivity index is 1.63. The van der Waals surface area contributed by atoms with Crippen molar-refractivity contribution >= 4 is 49.7 Å². The molecule has 0 radical (unpaired) electrons. The first-order chi connectivity index (χ1) is 18.7. The first-order valence-electron chi connectivity index (χ1n) is 11.7. The van der Waals surface area contributed by atoms with E-state index < -0.39 is 22.5 Å². The van der Waals surface area contributed by atoms with E-state index in [1.165, 1.54) is 43.8 Å². The van der Waals surface area contributed by atoms with Crippen molar-refractivity contribution in [1.29, 1.82) is 0 Å². The fourth-order valence-corrected chi connectivity index (χ4v) is 6.22. The number of nitrogens with zero attached hydrogens (tertiary/aromatic N) is 2. The zero-order valence-electron chi connectivity index (χ0n) is 21.5. The van der Waals surface area contributed by atoms with Crippen molar-refractivity contribution in [2.75, 3.05) is 38.4 Å². The standard InChI is InChI=1S/C27H27ClN4O5S2/c1-29-27-31-23(17-38-27)19-9-11-25(37-3)22(13-19)30-26(33)16-32(15-18-7-5-4-6-8-18)39(34,35)20-10-12-24(36-2)21(28)14-20/h4-14,17H,15-16H2,1-3H3,(H,29,31)(H,30,33). The quantitative estimate of drug-likeness (QED) is 0.244. The average molecular weight is 587 g/mol. The van der Waals surface area contributed by atoms with Gasteiger partial charge in [-0.15, -0.1) is 11.3 Å².